The van der Waals surface area contributed by atoms with Crippen molar-refractivity contribution in [2.24, 2.45) is 5.92 Å². The van der Waals surface area contributed by atoms with Gasteiger partial charge in [-0.1, -0.05) is 26.0 Å². The number of anilines is 1. The Bertz CT molecular complexity index is 748. The molecule has 0 N–H and O–H groups in total. The molecular weight excluding hydrogens is 348 g/mol. The number of nitrogens with zero attached hydrogens (tertiary/aromatic N) is 2. The zero-order valence-electron chi connectivity index (χ0n) is 16.1. The Kier molecular flexibility index (Phi) is 5.51. The van der Waals surface area contributed by atoms with E-state index in [9.17, 15) is 14.4 Å². The molecule has 0 saturated carbocycles. The molecule has 0 spiro atoms. The number of carbonyl (C=O) groups is 3. The quantitative estimate of drug-likeness (QED) is 0.684. The van der Waals surface area contributed by atoms with Crippen LogP contribution in [0.1, 0.15) is 43.5 Å². The van der Waals surface area contributed by atoms with Crippen LogP contribution < -0.4 is 4.90 Å². The van der Waals surface area contributed by atoms with Crippen LogP contribution in [0.15, 0.2) is 24.3 Å². The van der Waals surface area contributed by atoms with Crippen LogP contribution in [0.2, 0.25) is 0 Å². The number of rotatable bonds is 7. The van der Waals surface area contributed by atoms with Crippen molar-refractivity contribution in [2.75, 3.05) is 31.8 Å². The Morgan fingerprint density at radius 3 is 2.67 bits per heavy atom. The minimum absolute atomic E-state index is 0.182. The van der Waals surface area contributed by atoms with Crippen molar-refractivity contribution in [2.45, 2.75) is 38.8 Å². The van der Waals surface area contributed by atoms with Crippen LogP contribution in [-0.2, 0) is 19.1 Å². The molecule has 2 heterocycles. The zero-order chi connectivity index (χ0) is 19.6. The highest BCUT2D eigenvalue weighted by molar-refractivity contribution is 6.15. The lowest BCUT2D eigenvalue weighted by molar-refractivity contribution is -0.158. The minimum Gasteiger partial charge on any atom is -0.463 e. The Balaban J connectivity index is 2.04. The summed E-state index contributed by atoms with van der Waals surface area (Å²) in [5.74, 6) is -0.629. The fourth-order valence-electron chi connectivity index (χ4n) is 3.74. The summed E-state index contributed by atoms with van der Waals surface area (Å²) < 4.78 is 10.7. The smallest absolute Gasteiger partial charge is 0.353 e. The van der Waals surface area contributed by atoms with E-state index in [1.807, 2.05) is 13.8 Å². The molecule has 1 atom stereocenters. The van der Waals surface area contributed by atoms with Gasteiger partial charge in [-0.05, 0) is 24.5 Å². The van der Waals surface area contributed by atoms with E-state index in [1.54, 1.807) is 24.3 Å². The molecular formula is C20H26N2O5. The third kappa shape index (κ3) is 3.20. The number of carbonyl (C=O) groups excluding carboxylic acids is 3. The molecule has 7 heteroatoms. The number of amides is 2. The van der Waals surface area contributed by atoms with E-state index in [4.69, 9.17) is 9.47 Å². The van der Waals surface area contributed by atoms with Crippen molar-refractivity contribution < 1.29 is 23.9 Å². The zero-order valence-corrected chi connectivity index (χ0v) is 16.1. The van der Waals surface area contributed by atoms with Gasteiger partial charge in [-0.3, -0.25) is 14.5 Å². The second kappa shape index (κ2) is 7.68. The van der Waals surface area contributed by atoms with E-state index < -0.39 is 11.6 Å². The van der Waals surface area contributed by atoms with Crippen molar-refractivity contribution in [1.29, 1.82) is 0 Å². The number of methoxy groups -OCH3 is 1. The van der Waals surface area contributed by atoms with Crippen molar-refractivity contribution in [3.63, 3.8) is 0 Å². The number of benzene rings is 1. The maximum atomic E-state index is 13.2. The first-order chi connectivity index (χ1) is 12.9. The van der Waals surface area contributed by atoms with Crippen molar-refractivity contribution in [3.8, 4) is 0 Å². The number of para-hydroxylation sites is 1. The van der Waals surface area contributed by atoms with Gasteiger partial charge in [0.15, 0.2) is 0 Å². The average molecular weight is 374 g/mol. The lowest BCUT2D eigenvalue weighted by atomic mass is 9.96. The maximum absolute atomic E-state index is 13.2. The van der Waals surface area contributed by atoms with E-state index in [1.165, 1.54) is 16.9 Å². The van der Waals surface area contributed by atoms with Crippen LogP contribution in [0.4, 0.5) is 5.69 Å². The van der Waals surface area contributed by atoms with Crippen LogP contribution >= 0.6 is 0 Å². The predicted molar refractivity (Wildman–Crippen MR) is 99.2 cm³/mol. The van der Waals surface area contributed by atoms with E-state index in [-0.39, 0.29) is 44.4 Å². The fourth-order valence-corrected chi connectivity index (χ4v) is 3.74. The second-order valence-corrected chi connectivity index (χ2v) is 7.33. The second-order valence-electron chi connectivity index (χ2n) is 7.33. The molecule has 0 bridgehead atoms. The van der Waals surface area contributed by atoms with E-state index in [0.29, 0.717) is 17.2 Å². The Labute approximate surface area is 159 Å². The largest absolute Gasteiger partial charge is 0.463 e. The topological polar surface area (TPSA) is 76.2 Å². The highest BCUT2D eigenvalue weighted by atomic mass is 16.5. The molecule has 2 aliphatic heterocycles. The summed E-state index contributed by atoms with van der Waals surface area (Å²) in [7, 11) is 1.54. The van der Waals surface area contributed by atoms with Gasteiger partial charge in [0.25, 0.3) is 5.91 Å². The lowest BCUT2D eigenvalue weighted by Crippen LogP contribution is -2.69. The molecule has 0 aromatic heterocycles. The predicted octanol–water partition coefficient (Wildman–Crippen LogP) is 2.20. The summed E-state index contributed by atoms with van der Waals surface area (Å²) in [5.41, 5.74) is -0.549. The summed E-state index contributed by atoms with van der Waals surface area (Å²) >= 11 is 0. The fraction of sp³-hybridized carbons (Fsp3) is 0.550. The van der Waals surface area contributed by atoms with Crippen LogP contribution in [0.3, 0.4) is 0 Å². The Hall–Kier alpha value is -2.41. The van der Waals surface area contributed by atoms with Gasteiger partial charge in [0.1, 0.15) is 0 Å². The normalized spacial score (nSPS) is 21.5. The van der Waals surface area contributed by atoms with Gasteiger partial charge in [0.2, 0.25) is 11.6 Å². The Morgan fingerprint density at radius 2 is 1.96 bits per heavy atom. The molecule has 1 aromatic rings. The van der Waals surface area contributed by atoms with Gasteiger partial charge in [0.05, 0.1) is 24.5 Å². The number of fused-ring (bicyclic) bond motifs is 3. The van der Waals surface area contributed by atoms with Gasteiger partial charge in [-0.25, -0.2) is 4.79 Å². The molecule has 1 aromatic carbocycles. The van der Waals surface area contributed by atoms with Gasteiger partial charge < -0.3 is 14.4 Å². The molecule has 1 fully saturated rings. The first kappa shape index (κ1) is 19.4. The molecule has 3 rings (SSSR count). The number of hydrogen-bond donors (Lipinski definition) is 0. The molecule has 0 radical (unpaired) electrons. The highest BCUT2D eigenvalue weighted by Crippen LogP contribution is 2.45. The van der Waals surface area contributed by atoms with E-state index in [2.05, 4.69) is 0 Å². The van der Waals surface area contributed by atoms with E-state index in [0.717, 1.165) is 6.42 Å². The summed E-state index contributed by atoms with van der Waals surface area (Å²) in [5, 5.41) is 0. The molecule has 0 aliphatic carbocycles. The summed E-state index contributed by atoms with van der Waals surface area (Å²) in [4.78, 5) is 42.0. The maximum Gasteiger partial charge on any atom is 0.353 e. The van der Waals surface area contributed by atoms with Gasteiger partial charge in [0, 0.05) is 26.5 Å². The third-order valence-electron chi connectivity index (χ3n) is 5.15. The standard InChI is InChI=1S/C20H26N2O5/c1-14(2)9-12-27-19(25)20-10-8-17(23)22(20)16-7-5-4-6-15(16)18(24)21(20)11-13-26-3/h4-7,14H,8-13H2,1-3H3. The lowest BCUT2D eigenvalue weighted by Gasteiger charge is -2.48. The van der Waals surface area contributed by atoms with Crippen LogP contribution in [0.25, 0.3) is 0 Å². The average Bonchev–Trinajstić information content (AvgIpc) is 3.00. The van der Waals surface area contributed by atoms with Crippen molar-refractivity contribution in [3.05, 3.63) is 29.8 Å². The van der Waals surface area contributed by atoms with Gasteiger partial charge in [-0.15, -0.1) is 0 Å². The number of ether oxygens (including phenoxy) is 2. The van der Waals surface area contributed by atoms with Gasteiger partial charge >= 0.3 is 5.97 Å². The molecule has 2 aliphatic rings. The van der Waals surface area contributed by atoms with Crippen LogP contribution in [0.5, 0.6) is 0 Å². The number of hydrogen-bond acceptors (Lipinski definition) is 5. The van der Waals surface area contributed by atoms with Crippen LogP contribution in [0, 0.1) is 5.92 Å². The molecule has 1 unspecified atom stereocenters. The third-order valence-corrected chi connectivity index (χ3v) is 5.15. The van der Waals surface area contributed by atoms with Crippen LogP contribution in [-0.4, -0.2) is 55.2 Å². The first-order valence-corrected chi connectivity index (χ1v) is 9.33. The minimum atomic E-state index is -1.43. The Morgan fingerprint density at radius 1 is 1.22 bits per heavy atom. The van der Waals surface area contributed by atoms with E-state index >= 15 is 0 Å². The van der Waals surface area contributed by atoms with Crippen molar-refractivity contribution in [1.82, 2.24) is 4.90 Å². The molecule has 27 heavy (non-hydrogen) atoms. The highest BCUT2D eigenvalue weighted by Gasteiger charge is 2.61. The SMILES string of the molecule is COCCN1C(=O)c2ccccc2N2C(=O)CCC12C(=O)OCCC(C)C. The molecule has 146 valence electrons. The van der Waals surface area contributed by atoms with Gasteiger partial charge in [-0.2, -0.15) is 0 Å². The van der Waals surface area contributed by atoms with Crippen molar-refractivity contribution >= 4 is 23.5 Å². The number of esters is 1. The molecule has 1 saturated heterocycles. The summed E-state index contributed by atoms with van der Waals surface area (Å²) in [6, 6.07) is 6.90. The first-order valence-electron chi connectivity index (χ1n) is 9.33. The molecule has 2 amide bonds. The summed E-state index contributed by atoms with van der Waals surface area (Å²) in [6.45, 7) is 4.81. The monoisotopic (exact) mass is 374 g/mol. The summed E-state index contributed by atoms with van der Waals surface area (Å²) in [6.07, 6.45) is 1.12. The molecule has 7 nitrogen and oxygen atoms in total.